The van der Waals surface area contributed by atoms with Gasteiger partial charge in [0.15, 0.2) is 0 Å². The van der Waals surface area contributed by atoms with E-state index in [1.165, 1.54) is 11.1 Å². The Morgan fingerprint density at radius 2 is 1.33 bits per heavy atom. The monoisotopic (exact) mass is 192 g/mol. The summed E-state index contributed by atoms with van der Waals surface area (Å²) in [6.45, 7) is 5.97. The molecule has 0 spiro atoms. The number of nitrogens with one attached hydrogen (secondary N) is 1. The molecule has 1 nitrogen and oxygen atoms in total. The number of para-hydroxylation sites is 1. The molecule has 0 unspecified atom stereocenters. The summed E-state index contributed by atoms with van der Waals surface area (Å²) in [6, 6.07) is 16.4. The van der Waals surface area contributed by atoms with E-state index >= 15 is 0 Å². The van der Waals surface area contributed by atoms with E-state index < -0.39 is 0 Å². The van der Waals surface area contributed by atoms with Crippen LogP contribution in [0.15, 0.2) is 48.5 Å². The van der Waals surface area contributed by atoms with Crippen molar-refractivity contribution in [3.63, 3.8) is 0 Å². The van der Waals surface area contributed by atoms with Gasteiger partial charge >= 0.3 is 0 Å². The van der Waals surface area contributed by atoms with E-state index in [1.54, 1.807) is 0 Å². The van der Waals surface area contributed by atoms with Gasteiger partial charge in [-0.05, 0) is 18.2 Å². The normalized spacial score (nSPS) is 12.6. The first-order valence-electron chi connectivity index (χ1n) is 4.94. The summed E-state index contributed by atoms with van der Waals surface area (Å²) in [5.74, 6) is 0. The van der Waals surface area contributed by atoms with Crippen LogP contribution >= 0.6 is 0 Å². The van der Waals surface area contributed by atoms with Crippen LogP contribution in [0, 0.1) is 6.58 Å². The van der Waals surface area contributed by atoms with Gasteiger partial charge in [-0.15, -0.1) is 0 Å². The minimum absolute atomic E-state index is 0.726. The lowest BCUT2D eigenvalue weighted by Gasteiger charge is -2.15. The summed E-state index contributed by atoms with van der Waals surface area (Å²) >= 11 is 0. The molecule has 0 bridgehead atoms. The second kappa shape index (κ2) is 2.94. The molecule has 1 aliphatic heterocycles. The fourth-order valence-electron chi connectivity index (χ4n) is 1.99. The molecule has 0 aliphatic carbocycles. The summed E-state index contributed by atoms with van der Waals surface area (Å²) in [7, 11) is 0. The molecule has 3 rings (SSSR count). The summed E-state index contributed by atoms with van der Waals surface area (Å²) < 4.78 is 0. The van der Waals surface area contributed by atoms with Crippen molar-refractivity contribution in [3.05, 3.63) is 60.7 Å². The van der Waals surface area contributed by atoms with E-state index in [0.29, 0.717) is 0 Å². The molecule has 1 aliphatic rings. The Bertz CT molecular complexity index is 541. The van der Waals surface area contributed by atoms with Crippen molar-refractivity contribution in [2.24, 2.45) is 0 Å². The predicted octanol–water partition coefficient (Wildman–Crippen LogP) is 3.55. The van der Waals surface area contributed by atoms with Crippen LogP contribution in [-0.4, -0.2) is 0 Å². The van der Waals surface area contributed by atoms with Crippen molar-refractivity contribution in [2.75, 3.05) is 5.32 Å². The maximum atomic E-state index is 5.97. The Hall–Kier alpha value is -2.11. The van der Waals surface area contributed by atoms with Crippen LogP contribution in [0.2, 0.25) is 0 Å². The zero-order valence-corrected chi connectivity index (χ0v) is 8.20. The van der Waals surface area contributed by atoms with Crippen LogP contribution in [0.5, 0.6) is 0 Å². The molecule has 15 heavy (non-hydrogen) atoms. The van der Waals surface area contributed by atoms with Crippen molar-refractivity contribution in [1.82, 2.24) is 0 Å². The maximum absolute atomic E-state index is 5.97. The first-order valence-corrected chi connectivity index (χ1v) is 4.94. The number of hydrogen-bond donors (Lipinski definition) is 1. The fraction of sp³-hybridized carbons (Fsp3) is 0. The molecule has 0 saturated heterocycles. The predicted molar refractivity (Wildman–Crippen MR) is 63.2 cm³/mol. The highest BCUT2D eigenvalue weighted by atomic mass is 14.9. The lowest BCUT2D eigenvalue weighted by atomic mass is 9.93. The number of fused-ring (bicyclic) bond motifs is 3. The molecule has 0 fully saturated rings. The third-order valence-corrected chi connectivity index (χ3v) is 2.70. The highest BCUT2D eigenvalue weighted by Crippen LogP contribution is 2.38. The third-order valence-electron chi connectivity index (χ3n) is 2.70. The molecular weight excluding hydrogens is 182 g/mol. The molecule has 1 heterocycles. The van der Waals surface area contributed by atoms with Crippen LogP contribution in [0.25, 0.3) is 16.8 Å². The van der Waals surface area contributed by atoms with Gasteiger partial charge < -0.3 is 5.32 Å². The van der Waals surface area contributed by atoms with E-state index in [0.717, 1.165) is 16.9 Å². The molecule has 0 aromatic heterocycles. The fourth-order valence-corrected chi connectivity index (χ4v) is 1.99. The van der Waals surface area contributed by atoms with Gasteiger partial charge in [0.25, 0.3) is 5.70 Å². The largest absolute Gasteiger partial charge is 0.313 e. The highest BCUT2D eigenvalue weighted by molar-refractivity contribution is 5.96. The van der Waals surface area contributed by atoms with Crippen molar-refractivity contribution >= 4 is 11.4 Å². The lowest BCUT2D eigenvalue weighted by molar-refractivity contribution is 1.47. The van der Waals surface area contributed by atoms with E-state index in [4.69, 9.17) is 6.58 Å². The molecule has 0 saturated carbocycles. The number of rotatable bonds is 0. The molecular formula is C14H10N+. The topological polar surface area (TPSA) is 12.0 Å². The van der Waals surface area contributed by atoms with Crippen molar-refractivity contribution in [1.29, 1.82) is 0 Å². The number of anilines is 1. The Labute approximate surface area is 89.1 Å². The van der Waals surface area contributed by atoms with Gasteiger partial charge in [-0.25, -0.2) is 0 Å². The van der Waals surface area contributed by atoms with Crippen molar-refractivity contribution in [2.45, 2.75) is 0 Å². The first kappa shape index (κ1) is 8.22. The lowest BCUT2D eigenvalue weighted by Crippen LogP contribution is -2.06. The summed E-state index contributed by atoms with van der Waals surface area (Å²) in [5.41, 5.74) is 5.29. The Morgan fingerprint density at radius 3 is 2.13 bits per heavy atom. The number of benzene rings is 2. The Balaban J connectivity index is 2.34. The Morgan fingerprint density at radius 1 is 0.733 bits per heavy atom. The smallest absolute Gasteiger partial charge is 0.266 e. The average molecular weight is 192 g/mol. The standard InChI is InChI=1S/C14H10N/c1-10-11-6-2-3-7-12(11)13-8-4-5-9-14(13)15-10/h1-9,15H/q+1. The van der Waals surface area contributed by atoms with Gasteiger partial charge in [-0.3, -0.25) is 0 Å². The minimum atomic E-state index is 0.726. The average Bonchev–Trinajstić information content (AvgIpc) is 2.30. The molecule has 70 valence electrons. The summed E-state index contributed by atoms with van der Waals surface area (Å²) in [5, 5.41) is 3.21. The molecule has 2 aromatic carbocycles. The van der Waals surface area contributed by atoms with Crippen LogP contribution < -0.4 is 5.32 Å². The zero-order valence-electron chi connectivity index (χ0n) is 8.20. The van der Waals surface area contributed by atoms with E-state index in [1.807, 2.05) is 36.4 Å². The third kappa shape index (κ3) is 1.14. The van der Waals surface area contributed by atoms with Gasteiger partial charge in [-0.1, -0.05) is 24.3 Å². The van der Waals surface area contributed by atoms with Crippen LogP contribution in [0.4, 0.5) is 5.69 Å². The Kier molecular flexibility index (Phi) is 1.61. The second-order valence-corrected chi connectivity index (χ2v) is 3.63. The summed E-state index contributed by atoms with van der Waals surface area (Å²) in [6.07, 6.45) is 0. The minimum Gasteiger partial charge on any atom is -0.313 e. The van der Waals surface area contributed by atoms with E-state index in [9.17, 15) is 0 Å². The molecule has 0 amide bonds. The van der Waals surface area contributed by atoms with Crippen molar-refractivity contribution < 1.29 is 0 Å². The molecule has 0 radical (unpaired) electrons. The van der Waals surface area contributed by atoms with Gasteiger partial charge in [0.1, 0.15) is 5.56 Å². The van der Waals surface area contributed by atoms with Crippen LogP contribution in [0.1, 0.15) is 5.56 Å². The first-order chi connectivity index (χ1) is 7.36. The van der Waals surface area contributed by atoms with Gasteiger partial charge in [0.05, 0.1) is 17.8 Å². The molecule has 1 heteroatoms. The number of hydrogen-bond acceptors (Lipinski definition) is 1. The summed E-state index contributed by atoms with van der Waals surface area (Å²) in [4.78, 5) is 0. The zero-order chi connectivity index (χ0) is 10.3. The van der Waals surface area contributed by atoms with Gasteiger partial charge in [0.2, 0.25) is 0 Å². The van der Waals surface area contributed by atoms with E-state index in [2.05, 4.69) is 17.4 Å². The van der Waals surface area contributed by atoms with Crippen LogP contribution in [-0.2, 0) is 0 Å². The maximum Gasteiger partial charge on any atom is 0.266 e. The highest BCUT2D eigenvalue weighted by Gasteiger charge is 2.24. The second-order valence-electron chi connectivity index (χ2n) is 3.63. The van der Waals surface area contributed by atoms with Crippen LogP contribution in [0.3, 0.4) is 0 Å². The molecule has 0 atom stereocenters. The molecule has 2 aromatic rings. The molecule has 1 N–H and O–H groups in total. The quantitative estimate of drug-likeness (QED) is 0.629. The van der Waals surface area contributed by atoms with Gasteiger partial charge in [0, 0.05) is 11.6 Å². The van der Waals surface area contributed by atoms with Crippen molar-refractivity contribution in [3.8, 4) is 11.1 Å². The van der Waals surface area contributed by atoms with E-state index in [-0.39, 0.29) is 0 Å². The van der Waals surface area contributed by atoms with Gasteiger partial charge in [-0.2, -0.15) is 0 Å². The SMILES string of the molecule is [CH+]=C1Nc2ccccc2-c2ccccc21.